The van der Waals surface area contributed by atoms with Crippen molar-refractivity contribution in [2.45, 2.75) is 26.2 Å². The second kappa shape index (κ2) is 16.8. The lowest BCUT2D eigenvalue weighted by Crippen LogP contribution is -2.39. The summed E-state index contributed by atoms with van der Waals surface area (Å²) < 4.78 is 79.3. The van der Waals surface area contributed by atoms with E-state index in [-0.39, 0.29) is 38.6 Å². The number of hydrogen-bond donors (Lipinski definition) is 0. The molecule has 0 aliphatic rings. The largest absolute Gasteiger partial charge is 0.478 e. The third-order valence-electron chi connectivity index (χ3n) is 4.57. The van der Waals surface area contributed by atoms with Gasteiger partial charge in [-0.2, -0.15) is 17.6 Å². The molecule has 8 nitrogen and oxygen atoms in total. The summed E-state index contributed by atoms with van der Waals surface area (Å²) in [4.78, 5) is 24.1. The molecule has 2 aromatic rings. The van der Waals surface area contributed by atoms with Gasteiger partial charge < -0.3 is 28.4 Å². The molecule has 0 heterocycles. The highest BCUT2D eigenvalue weighted by atomic mass is 79.9. The van der Waals surface area contributed by atoms with Crippen LogP contribution in [-0.4, -0.2) is 58.2 Å². The van der Waals surface area contributed by atoms with Crippen LogP contribution in [0.5, 0.6) is 23.0 Å². The predicted octanol–water partition coefficient (Wildman–Crippen LogP) is 10.1. The van der Waals surface area contributed by atoms with Gasteiger partial charge in [0.1, 0.15) is 0 Å². The molecule has 0 aliphatic heterocycles. The smallest absolute Gasteiger partial charge is 0.446 e. The van der Waals surface area contributed by atoms with Gasteiger partial charge >= 0.3 is 24.2 Å². The van der Waals surface area contributed by atoms with Crippen molar-refractivity contribution in [1.82, 2.24) is 0 Å². The average molecular weight is 938 g/mol. The Morgan fingerprint density at radius 1 is 0.644 bits per heavy atom. The molecule has 0 fully saturated rings. The van der Waals surface area contributed by atoms with Crippen LogP contribution in [0.15, 0.2) is 33.2 Å². The molecule has 0 spiro atoms. The van der Waals surface area contributed by atoms with Gasteiger partial charge in [-0.15, -0.1) is 0 Å². The lowest BCUT2D eigenvalue weighted by Gasteiger charge is -2.25. The first kappa shape index (κ1) is 40.8. The van der Waals surface area contributed by atoms with Gasteiger partial charge in [0.25, 0.3) is 7.59 Å². The summed E-state index contributed by atoms with van der Waals surface area (Å²) in [5, 5.41) is 0.0427. The van der Waals surface area contributed by atoms with Crippen molar-refractivity contribution in [2.75, 3.05) is 26.4 Å². The van der Waals surface area contributed by atoms with E-state index in [1.54, 1.807) is 0 Å². The van der Waals surface area contributed by atoms with Crippen LogP contribution in [-0.2, 0) is 19.1 Å². The van der Waals surface area contributed by atoms with Gasteiger partial charge in [0.15, 0.2) is 36.2 Å². The monoisotopic (exact) mass is 932 g/mol. The fourth-order valence-electron chi connectivity index (χ4n) is 2.65. The van der Waals surface area contributed by atoms with Gasteiger partial charge in [-0.3, -0.25) is 0 Å². The van der Waals surface area contributed by atoms with Crippen molar-refractivity contribution >= 4 is 137 Å². The molecule has 0 unspecified atom stereocenters. The summed E-state index contributed by atoms with van der Waals surface area (Å²) in [5.74, 6) is -3.98. The molecule has 2 aromatic carbocycles. The molecule has 45 heavy (non-hydrogen) atoms. The zero-order chi connectivity index (χ0) is 34.4. The molecule has 0 aliphatic carbocycles. The molecular formula is C23H14Br2Cl8F4O8. The average Bonchev–Trinajstić information content (AvgIpc) is 2.88. The number of hydrogen-bond acceptors (Lipinski definition) is 8. The van der Waals surface area contributed by atoms with Crippen molar-refractivity contribution < 1.29 is 55.6 Å². The highest BCUT2D eigenvalue weighted by Gasteiger charge is 2.55. The SMILES string of the molecule is O=C(COc1cc(Cl)cc(Br)c1OC(F)(F)C(Cl)(Cl)Cl)OCCCOC(=O)COc1cc(Cl)cc(Br)c1OC(F)(F)C(Cl)(Cl)Cl. The fraction of sp³-hybridized carbons (Fsp3) is 0.391. The number of esters is 2. The fourth-order valence-corrected chi connectivity index (χ4v) is 4.60. The zero-order valence-electron chi connectivity index (χ0n) is 21.4. The topological polar surface area (TPSA) is 89.5 Å². The number of ether oxygens (including phenoxy) is 6. The van der Waals surface area contributed by atoms with E-state index in [9.17, 15) is 27.2 Å². The minimum absolute atomic E-state index is 0.00340. The summed E-state index contributed by atoms with van der Waals surface area (Å²) in [7, 11) is 0. The van der Waals surface area contributed by atoms with E-state index in [0.29, 0.717) is 0 Å². The van der Waals surface area contributed by atoms with Gasteiger partial charge in [0.05, 0.1) is 22.2 Å². The first-order chi connectivity index (χ1) is 20.5. The van der Waals surface area contributed by atoms with E-state index in [0.717, 1.165) is 12.1 Å². The molecule has 0 atom stereocenters. The minimum Gasteiger partial charge on any atom is -0.478 e. The molecule has 22 heteroatoms. The van der Waals surface area contributed by atoms with E-state index in [2.05, 4.69) is 41.3 Å². The van der Waals surface area contributed by atoms with Gasteiger partial charge in [-0.25, -0.2) is 9.59 Å². The van der Waals surface area contributed by atoms with Crippen LogP contribution in [0.4, 0.5) is 17.6 Å². The van der Waals surface area contributed by atoms with E-state index in [1.165, 1.54) is 12.1 Å². The van der Waals surface area contributed by atoms with Crippen LogP contribution in [0, 0.1) is 0 Å². The van der Waals surface area contributed by atoms with Crippen LogP contribution in [0.1, 0.15) is 6.42 Å². The van der Waals surface area contributed by atoms with Crippen molar-refractivity contribution in [2.24, 2.45) is 0 Å². The summed E-state index contributed by atoms with van der Waals surface area (Å²) in [5.41, 5.74) is 0. The maximum absolute atomic E-state index is 14.1. The molecule has 252 valence electrons. The molecule has 0 saturated carbocycles. The second-order valence-electron chi connectivity index (χ2n) is 8.03. The second-order valence-corrected chi connectivity index (χ2v) is 15.2. The molecule has 0 radical (unpaired) electrons. The van der Waals surface area contributed by atoms with Crippen LogP contribution in [0.2, 0.25) is 10.0 Å². The third-order valence-corrected chi connectivity index (χ3v) is 7.51. The lowest BCUT2D eigenvalue weighted by atomic mass is 10.3. The number of halogens is 14. The highest BCUT2D eigenvalue weighted by molar-refractivity contribution is 9.11. The first-order valence-electron chi connectivity index (χ1n) is 11.4. The quantitative estimate of drug-likeness (QED) is 0.0801. The number of carbonyl (C=O) groups excluding carboxylic acids is 2. The van der Waals surface area contributed by atoms with E-state index in [1.807, 2.05) is 0 Å². The Balaban J connectivity index is 1.85. The van der Waals surface area contributed by atoms with Gasteiger partial charge in [-0.1, -0.05) is 92.8 Å². The summed E-state index contributed by atoms with van der Waals surface area (Å²) in [6.45, 7) is -2.11. The number of rotatable bonds is 14. The van der Waals surface area contributed by atoms with Crippen LogP contribution < -0.4 is 18.9 Å². The molecule has 0 saturated heterocycles. The van der Waals surface area contributed by atoms with Crippen LogP contribution in [0.25, 0.3) is 0 Å². The van der Waals surface area contributed by atoms with E-state index in [4.69, 9.17) is 112 Å². The Bertz CT molecular complexity index is 1280. The minimum atomic E-state index is -4.31. The molecular weight excluding hydrogens is 924 g/mol. The number of carbonyl (C=O) groups is 2. The normalized spacial score (nSPS) is 12.4. The van der Waals surface area contributed by atoms with Crippen molar-refractivity contribution in [1.29, 1.82) is 0 Å². The number of benzene rings is 2. The van der Waals surface area contributed by atoms with Crippen LogP contribution >= 0.6 is 125 Å². The Labute approximate surface area is 308 Å². The maximum atomic E-state index is 14.1. The molecule has 0 amide bonds. The van der Waals surface area contributed by atoms with Gasteiger partial charge in [0.2, 0.25) is 0 Å². The summed E-state index contributed by atoms with van der Waals surface area (Å²) in [6.07, 6.45) is -8.62. The number of alkyl halides is 10. The predicted molar refractivity (Wildman–Crippen MR) is 168 cm³/mol. The Morgan fingerprint density at radius 3 is 1.29 bits per heavy atom. The van der Waals surface area contributed by atoms with Gasteiger partial charge in [-0.05, 0) is 44.0 Å². The van der Waals surface area contributed by atoms with Crippen molar-refractivity contribution in [3.8, 4) is 23.0 Å². The van der Waals surface area contributed by atoms with E-state index >= 15 is 0 Å². The standard InChI is InChI=1S/C23H14Br2Cl8F4O8/c24-12-4-10(26)6-14(18(12)44-22(34,35)20(28,29)30)42-8-16(38)40-2-1-3-41-17(39)9-43-15-7-11(27)5-13(25)19(15)45-23(36,37)21(31,32)33/h4-7H,1-3,8-9H2. The van der Waals surface area contributed by atoms with Crippen molar-refractivity contribution in [3.63, 3.8) is 0 Å². The van der Waals surface area contributed by atoms with E-state index < -0.39 is 68.0 Å². The van der Waals surface area contributed by atoms with Crippen LogP contribution in [0.3, 0.4) is 0 Å². The zero-order valence-corrected chi connectivity index (χ0v) is 30.6. The summed E-state index contributed by atoms with van der Waals surface area (Å²) >= 11 is 49.3. The first-order valence-corrected chi connectivity index (χ1v) is 16.0. The maximum Gasteiger partial charge on any atom is 0.446 e. The Morgan fingerprint density at radius 2 is 0.978 bits per heavy atom. The molecule has 0 aromatic heterocycles. The Kier molecular flexibility index (Phi) is 15.2. The van der Waals surface area contributed by atoms with Crippen molar-refractivity contribution in [3.05, 3.63) is 43.3 Å². The molecule has 2 rings (SSSR count). The Hall–Kier alpha value is -0.420. The highest BCUT2D eigenvalue weighted by Crippen LogP contribution is 2.49. The third kappa shape index (κ3) is 12.5. The van der Waals surface area contributed by atoms with Gasteiger partial charge in [0, 0.05) is 28.6 Å². The lowest BCUT2D eigenvalue weighted by molar-refractivity contribution is -0.173. The summed E-state index contributed by atoms with van der Waals surface area (Å²) in [6, 6.07) is 4.51. The molecule has 0 N–H and O–H groups in total. The molecule has 0 bridgehead atoms.